The first kappa shape index (κ1) is 17.4. The molecule has 0 atom stereocenters. The van der Waals surface area contributed by atoms with Crippen molar-refractivity contribution < 1.29 is 14.5 Å². The smallest absolute Gasteiger partial charge is 0.269 e. The minimum atomic E-state index is -0.495. The third kappa shape index (κ3) is 5.05. The van der Waals surface area contributed by atoms with Crippen LogP contribution in [-0.2, 0) is 0 Å². The molecule has 0 amide bonds. The lowest BCUT2D eigenvalue weighted by Gasteiger charge is -2.21. The molecule has 2 rings (SSSR count). The molecule has 0 heterocycles. The maximum atomic E-state index is 12.1. The van der Waals surface area contributed by atoms with Gasteiger partial charge >= 0.3 is 0 Å². The van der Waals surface area contributed by atoms with Gasteiger partial charge < -0.3 is 4.74 Å². The summed E-state index contributed by atoms with van der Waals surface area (Å²) in [7, 11) is 0. The number of ether oxygens (including phenoxy) is 1. The molecule has 0 N–H and O–H groups in total. The van der Waals surface area contributed by atoms with E-state index in [2.05, 4.69) is 0 Å². The quantitative estimate of drug-likeness (QED) is 0.347. The summed E-state index contributed by atoms with van der Waals surface area (Å²) in [6.45, 7) is 5.93. The number of benzene rings is 2. The van der Waals surface area contributed by atoms with Gasteiger partial charge in [-0.15, -0.1) is 0 Å². The Morgan fingerprint density at radius 3 is 2.12 bits per heavy atom. The number of carbonyl (C=O) groups excluding carboxylic acids is 1. The van der Waals surface area contributed by atoms with Crippen LogP contribution < -0.4 is 4.74 Å². The van der Waals surface area contributed by atoms with Crippen molar-refractivity contribution in [2.24, 2.45) is 0 Å². The number of ketones is 1. The minimum Gasteiger partial charge on any atom is -0.488 e. The van der Waals surface area contributed by atoms with Crippen LogP contribution in [0.15, 0.2) is 54.6 Å². The maximum absolute atomic E-state index is 12.1. The van der Waals surface area contributed by atoms with E-state index in [1.165, 1.54) is 30.3 Å². The summed E-state index contributed by atoms with van der Waals surface area (Å²) in [4.78, 5) is 22.2. The molecule has 0 aliphatic carbocycles. The van der Waals surface area contributed by atoms with Gasteiger partial charge in [-0.3, -0.25) is 14.9 Å². The Balaban J connectivity index is 2.04. The molecule has 0 radical (unpaired) electrons. The molecular formula is C19H19NO4. The molecule has 0 aliphatic heterocycles. The normalized spacial score (nSPS) is 11.5. The highest BCUT2D eigenvalue weighted by Crippen LogP contribution is 2.19. The Morgan fingerprint density at radius 2 is 1.62 bits per heavy atom. The predicted octanol–water partition coefficient (Wildman–Crippen LogP) is 4.67. The number of nitrogens with zero attached hydrogens (tertiary/aromatic N) is 1. The van der Waals surface area contributed by atoms with Crippen molar-refractivity contribution in [3.05, 3.63) is 75.8 Å². The van der Waals surface area contributed by atoms with Crippen LogP contribution in [0.25, 0.3) is 6.08 Å². The average molecular weight is 325 g/mol. The van der Waals surface area contributed by atoms with Crippen LogP contribution in [0.5, 0.6) is 5.75 Å². The van der Waals surface area contributed by atoms with E-state index < -0.39 is 4.92 Å². The van der Waals surface area contributed by atoms with E-state index in [0.29, 0.717) is 5.56 Å². The van der Waals surface area contributed by atoms with Crippen LogP contribution in [0.3, 0.4) is 0 Å². The Morgan fingerprint density at radius 1 is 1.04 bits per heavy atom. The maximum Gasteiger partial charge on any atom is 0.269 e. The van der Waals surface area contributed by atoms with E-state index in [9.17, 15) is 14.9 Å². The molecule has 24 heavy (non-hydrogen) atoms. The van der Waals surface area contributed by atoms with Crippen molar-refractivity contribution in [3.63, 3.8) is 0 Å². The van der Waals surface area contributed by atoms with E-state index >= 15 is 0 Å². The lowest BCUT2D eigenvalue weighted by Crippen LogP contribution is -2.22. The van der Waals surface area contributed by atoms with Crippen LogP contribution in [0.4, 0.5) is 5.69 Å². The Labute approximate surface area is 140 Å². The zero-order valence-electron chi connectivity index (χ0n) is 13.9. The largest absolute Gasteiger partial charge is 0.488 e. The number of rotatable bonds is 5. The third-order valence-corrected chi connectivity index (χ3v) is 3.09. The third-order valence-electron chi connectivity index (χ3n) is 3.09. The molecule has 5 nitrogen and oxygen atoms in total. The van der Waals surface area contributed by atoms with E-state index in [4.69, 9.17) is 4.74 Å². The number of carbonyl (C=O) groups is 1. The second kappa shape index (κ2) is 7.08. The molecule has 0 aromatic heterocycles. The van der Waals surface area contributed by atoms with Gasteiger partial charge in [-0.25, -0.2) is 0 Å². The molecule has 0 saturated heterocycles. The summed E-state index contributed by atoms with van der Waals surface area (Å²) < 4.78 is 5.74. The summed E-state index contributed by atoms with van der Waals surface area (Å²) in [6.07, 6.45) is 3.14. The molecule has 0 fully saturated rings. The van der Waals surface area contributed by atoms with Crippen molar-refractivity contribution in [2.45, 2.75) is 26.4 Å². The average Bonchev–Trinajstić information content (AvgIpc) is 2.52. The minimum absolute atomic E-state index is 0.0371. The molecule has 124 valence electrons. The molecular weight excluding hydrogens is 306 g/mol. The molecule has 5 heteroatoms. The number of nitro benzene ring substituents is 1. The molecule has 0 aliphatic rings. The van der Waals surface area contributed by atoms with Crippen molar-refractivity contribution in [2.75, 3.05) is 0 Å². The van der Waals surface area contributed by atoms with Crippen LogP contribution in [0.2, 0.25) is 0 Å². The monoisotopic (exact) mass is 325 g/mol. The zero-order valence-corrected chi connectivity index (χ0v) is 13.9. The van der Waals surface area contributed by atoms with Gasteiger partial charge in [0.2, 0.25) is 0 Å². The standard InChI is InChI=1S/C19H19NO4/c1-19(2,3)24-17-11-4-14(5-12-17)6-13-18(21)15-7-9-16(10-8-15)20(22)23/h4-13H,1-3H3/b13-6+. The van der Waals surface area contributed by atoms with Gasteiger partial charge in [0, 0.05) is 17.7 Å². The fourth-order valence-electron chi connectivity index (χ4n) is 2.02. The number of non-ortho nitro benzene ring substituents is 1. The fraction of sp³-hybridized carbons (Fsp3) is 0.211. The van der Waals surface area contributed by atoms with Crippen LogP contribution in [-0.4, -0.2) is 16.3 Å². The molecule has 2 aromatic carbocycles. The van der Waals surface area contributed by atoms with Crippen molar-refractivity contribution in [1.29, 1.82) is 0 Å². The van der Waals surface area contributed by atoms with Crippen LogP contribution >= 0.6 is 0 Å². The van der Waals surface area contributed by atoms with Gasteiger partial charge in [-0.05, 0) is 56.7 Å². The van der Waals surface area contributed by atoms with Crippen molar-refractivity contribution in [3.8, 4) is 5.75 Å². The van der Waals surface area contributed by atoms with Gasteiger partial charge in [0.15, 0.2) is 5.78 Å². The van der Waals surface area contributed by atoms with Gasteiger partial charge in [-0.2, -0.15) is 0 Å². The predicted molar refractivity (Wildman–Crippen MR) is 93.3 cm³/mol. The second-order valence-corrected chi connectivity index (χ2v) is 6.29. The first-order chi connectivity index (χ1) is 11.2. The molecule has 0 unspecified atom stereocenters. The summed E-state index contributed by atoms with van der Waals surface area (Å²) in [6, 6.07) is 13.0. The van der Waals surface area contributed by atoms with Crippen molar-refractivity contribution in [1.82, 2.24) is 0 Å². The Bertz CT molecular complexity index is 753. The first-order valence-electron chi connectivity index (χ1n) is 7.50. The summed E-state index contributed by atoms with van der Waals surface area (Å²) in [5.74, 6) is 0.557. The SMILES string of the molecule is CC(C)(C)Oc1ccc(/C=C/C(=O)c2ccc([N+](=O)[O-])cc2)cc1. The summed E-state index contributed by atoms with van der Waals surface area (Å²) >= 11 is 0. The fourth-order valence-corrected chi connectivity index (χ4v) is 2.02. The number of hydrogen-bond acceptors (Lipinski definition) is 4. The van der Waals surface area contributed by atoms with E-state index in [-0.39, 0.29) is 17.1 Å². The lowest BCUT2D eigenvalue weighted by atomic mass is 10.1. The van der Waals surface area contributed by atoms with Gasteiger partial charge in [0.25, 0.3) is 5.69 Å². The van der Waals surface area contributed by atoms with E-state index in [1.807, 2.05) is 45.0 Å². The number of allylic oxidation sites excluding steroid dienone is 1. The number of nitro groups is 1. The molecule has 2 aromatic rings. The van der Waals surface area contributed by atoms with Gasteiger partial charge in [-0.1, -0.05) is 18.2 Å². The summed E-state index contributed by atoms with van der Waals surface area (Å²) in [5.41, 5.74) is 0.976. The highest BCUT2D eigenvalue weighted by molar-refractivity contribution is 6.06. The second-order valence-electron chi connectivity index (χ2n) is 6.29. The van der Waals surface area contributed by atoms with Crippen LogP contribution in [0.1, 0.15) is 36.7 Å². The van der Waals surface area contributed by atoms with Crippen molar-refractivity contribution >= 4 is 17.5 Å². The highest BCUT2D eigenvalue weighted by Gasteiger charge is 2.11. The topological polar surface area (TPSA) is 69.4 Å². The van der Waals surface area contributed by atoms with Gasteiger partial charge in [0.1, 0.15) is 11.4 Å². The lowest BCUT2D eigenvalue weighted by molar-refractivity contribution is -0.384. The number of hydrogen-bond donors (Lipinski definition) is 0. The molecule has 0 spiro atoms. The summed E-state index contributed by atoms with van der Waals surface area (Å²) in [5, 5.41) is 10.6. The van der Waals surface area contributed by atoms with E-state index in [1.54, 1.807) is 6.08 Å². The molecule has 0 saturated carbocycles. The first-order valence-corrected chi connectivity index (χ1v) is 7.50. The Hall–Kier alpha value is -2.95. The zero-order chi connectivity index (χ0) is 17.7. The van der Waals surface area contributed by atoms with Crippen LogP contribution in [0, 0.1) is 10.1 Å². The highest BCUT2D eigenvalue weighted by atomic mass is 16.6. The molecule has 0 bridgehead atoms. The van der Waals surface area contributed by atoms with Gasteiger partial charge in [0.05, 0.1) is 4.92 Å². The van der Waals surface area contributed by atoms with E-state index in [0.717, 1.165) is 11.3 Å². The Kier molecular flexibility index (Phi) is 5.14.